The second kappa shape index (κ2) is 7.94. The van der Waals surface area contributed by atoms with Crippen LogP contribution in [0.4, 0.5) is 0 Å². The van der Waals surface area contributed by atoms with Crippen LogP contribution in [0.1, 0.15) is 35.7 Å². The van der Waals surface area contributed by atoms with E-state index in [2.05, 4.69) is 81.4 Å². The number of hydrogen-bond donors (Lipinski definition) is 1. The first-order valence-electron chi connectivity index (χ1n) is 8.76. The highest BCUT2D eigenvalue weighted by atomic mass is 79.9. The minimum Gasteiger partial charge on any atom is -0.357 e. The highest BCUT2D eigenvalue weighted by molar-refractivity contribution is 9.10. The number of H-pyrrole nitrogens is 1. The number of halogens is 2. The topological polar surface area (TPSA) is 19.0 Å². The van der Waals surface area contributed by atoms with Crippen LogP contribution in [0.3, 0.4) is 0 Å². The molecule has 0 bridgehead atoms. The predicted molar refractivity (Wildman–Crippen MR) is 112 cm³/mol. The first-order valence-corrected chi connectivity index (χ1v) is 9.56. The summed E-state index contributed by atoms with van der Waals surface area (Å²) in [6.07, 6.45) is 4.81. The molecule has 25 heavy (non-hydrogen) atoms. The molecule has 0 amide bonds. The molecule has 4 heteroatoms. The van der Waals surface area contributed by atoms with Gasteiger partial charge >= 0.3 is 0 Å². The van der Waals surface area contributed by atoms with Crippen LogP contribution in [0, 0.1) is 0 Å². The van der Waals surface area contributed by atoms with Gasteiger partial charge in [0.2, 0.25) is 0 Å². The third kappa shape index (κ3) is 3.79. The maximum atomic E-state index is 3.71. The molecule has 1 aromatic heterocycles. The minimum atomic E-state index is 0. The number of aromatic nitrogens is 1. The van der Waals surface area contributed by atoms with E-state index < -0.39 is 0 Å². The normalized spacial score (nSPS) is 16.7. The predicted octanol–water partition coefficient (Wildman–Crippen LogP) is 5.90. The Bertz CT molecular complexity index is 844. The second-order valence-electron chi connectivity index (χ2n) is 6.83. The molecule has 132 valence electrons. The lowest BCUT2D eigenvalue weighted by atomic mass is 9.91. The van der Waals surface area contributed by atoms with Gasteiger partial charge in [-0.3, -0.25) is 4.90 Å². The van der Waals surface area contributed by atoms with E-state index in [0.717, 1.165) is 17.4 Å². The molecule has 2 aromatic carbocycles. The maximum Gasteiger partial charge on any atom is 0.0498 e. The average molecular weight is 420 g/mol. The number of likely N-dealkylation sites (N-methyl/N-ethyl adjacent to an activating group) is 1. The molecule has 1 atom stereocenters. The van der Waals surface area contributed by atoms with E-state index >= 15 is 0 Å². The van der Waals surface area contributed by atoms with Crippen LogP contribution < -0.4 is 0 Å². The van der Waals surface area contributed by atoms with Gasteiger partial charge in [0.25, 0.3) is 0 Å². The lowest BCUT2D eigenvalue weighted by Crippen LogP contribution is -2.29. The average Bonchev–Trinajstić information content (AvgIpc) is 2.98. The monoisotopic (exact) mass is 418 g/mol. The Morgan fingerprint density at radius 3 is 2.76 bits per heavy atom. The Hall–Kier alpha value is -1.29. The first kappa shape index (κ1) is 18.5. The van der Waals surface area contributed by atoms with Crippen molar-refractivity contribution in [2.75, 3.05) is 13.6 Å². The van der Waals surface area contributed by atoms with Gasteiger partial charge in [0, 0.05) is 33.7 Å². The number of rotatable bonds is 4. The summed E-state index contributed by atoms with van der Waals surface area (Å²) in [6.45, 7) is 1.09. The largest absolute Gasteiger partial charge is 0.357 e. The molecule has 2 nitrogen and oxygen atoms in total. The number of aromatic amines is 1. The molecule has 1 unspecified atom stereocenters. The molecule has 1 aliphatic carbocycles. The van der Waals surface area contributed by atoms with Gasteiger partial charge in [0.15, 0.2) is 0 Å². The van der Waals surface area contributed by atoms with Gasteiger partial charge in [-0.1, -0.05) is 46.3 Å². The van der Waals surface area contributed by atoms with Crippen molar-refractivity contribution < 1.29 is 0 Å². The molecule has 1 heterocycles. The minimum absolute atomic E-state index is 0. The fourth-order valence-corrected chi connectivity index (χ4v) is 4.32. The summed E-state index contributed by atoms with van der Waals surface area (Å²) in [4.78, 5) is 6.23. The number of aryl methyl sites for hydroxylation is 1. The lowest BCUT2D eigenvalue weighted by Gasteiger charge is -2.31. The Balaban J connectivity index is 0.00000182. The van der Waals surface area contributed by atoms with Crippen molar-refractivity contribution in [2.45, 2.75) is 31.7 Å². The fraction of sp³-hybridized carbons (Fsp3) is 0.333. The van der Waals surface area contributed by atoms with Crippen molar-refractivity contribution in [3.63, 3.8) is 0 Å². The number of nitrogens with one attached hydrogen (secondary N) is 1. The maximum absolute atomic E-state index is 3.71. The Morgan fingerprint density at radius 1 is 1.16 bits per heavy atom. The van der Waals surface area contributed by atoms with Gasteiger partial charge in [0.1, 0.15) is 0 Å². The van der Waals surface area contributed by atoms with E-state index in [1.165, 1.54) is 47.0 Å². The van der Waals surface area contributed by atoms with Gasteiger partial charge in [-0.2, -0.15) is 0 Å². The molecule has 0 saturated heterocycles. The number of fused-ring (bicyclic) bond motifs is 3. The van der Waals surface area contributed by atoms with Crippen LogP contribution in [-0.4, -0.2) is 23.5 Å². The molecule has 1 N–H and O–H groups in total. The van der Waals surface area contributed by atoms with Crippen molar-refractivity contribution >= 4 is 39.2 Å². The van der Waals surface area contributed by atoms with Crippen molar-refractivity contribution in [3.05, 3.63) is 69.8 Å². The molecular weight excluding hydrogens is 396 g/mol. The van der Waals surface area contributed by atoms with Crippen molar-refractivity contribution in [1.29, 1.82) is 0 Å². The van der Waals surface area contributed by atoms with E-state index in [4.69, 9.17) is 0 Å². The zero-order valence-corrected chi connectivity index (χ0v) is 16.9. The van der Waals surface area contributed by atoms with E-state index in [0.29, 0.717) is 6.04 Å². The third-order valence-corrected chi connectivity index (χ3v) is 5.76. The van der Waals surface area contributed by atoms with Gasteiger partial charge in [0.05, 0.1) is 0 Å². The molecule has 0 aliphatic heterocycles. The second-order valence-corrected chi connectivity index (χ2v) is 7.75. The third-order valence-electron chi connectivity index (χ3n) is 5.27. The summed E-state index contributed by atoms with van der Waals surface area (Å²) < 4.78 is 1.16. The Labute approximate surface area is 164 Å². The highest BCUT2D eigenvalue weighted by Gasteiger charge is 2.27. The van der Waals surface area contributed by atoms with Gasteiger partial charge in [-0.25, -0.2) is 0 Å². The summed E-state index contributed by atoms with van der Waals surface area (Å²) in [7, 11) is 2.27. The molecule has 0 fully saturated rings. The summed E-state index contributed by atoms with van der Waals surface area (Å²) in [5.74, 6) is 0. The van der Waals surface area contributed by atoms with Gasteiger partial charge in [-0.05, 0) is 62.1 Å². The van der Waals surface area contributed by atoms with Crippen LogP contribution in [0.2, 0.25) is 0 Å². The van der Waals surface area contributed by atoms with Crippen molar-refractivity contribution in [2.24, 2.45) is 0 Å². The van der Waals surface area contributed by atoms with Crippen LogP contribution in [0.25, 0.3) is 10.9 Å². The molecule has 0 spiro atoms. The number of benzene rings is 2. The first-order chi connectivity index (χ1) is 11.7. The summed E-state index contributed by atoms with van der Waals surface area (Å²) in [5, 5.41) is 1.39. The number of hydrogen-bond acceptors (Lipinski definition) is 1. The zero-order valence-electron chi connectivity index (χ0n) is 14.5. The summed E-state index contributed by atoms with van der Waals surface area (Å²) >= 11 is 3.62. The zero-order chi connectivity index (χ0) is 16.5. The van der Waals surface area contributed by atoms with E-state index in [-0.39, 0.29) is 12.4 Å². The quantitative estimate of drug-likeness (QED) is 0.557. The standard InChI is InChI=1S/C21H23BrN2.ClH/c1-24(13-12-15-6-3-2-4-7-15)20-9-5-8-17-18-14-16(22)10-11-19(18)23-21(17)20;/h2-4,6-7,10-11,14,20,23H,5,8-9,12-13H2,1H3;1H. The Morgan fingerprint density at radius 2 is 1.96 bits per heavy atom. The van der Waals surface area contributed by atoms with Gasteiger partial charge < -0.3 is 4.98 Å². The van der Waals surface area contributed by atoms with Crippen LogP contribution in [0.15, 0.2) is 53.0 Å². The fourth-order valence-electron chi connectivity index (χ4n) is 3.96. The summed E-state index contributed by atoms with van der Waals surface area (Å²) in [5.41, 5.74) is 5.64. The van der Waals surface area contributed by atoms with Crippen LogP contribution >= 0.6 is 28.3 Å². The smallest absolute Gasteiger partial charge is 0.0498 e. The Kier molecular flexibility index (Phi) is 5.88. The van der Waals surface area contributed by atoms with Crippen molar-refractivity contribution in [1.82, 2.24) is 9.88 Å². The van der Waals surface area contributed by atoms with Gasteiger partial charge in [-0.15, -0.1) is 12.4 Å². The molecule has 1 aliphatic rings. The molecule has 4 rings (SSSR count). The van der Waals surface area contributed by atoms with E-state index in [1.54, 1.807) is 0 Å². The molecular formula is C21H24BrClN2. The molecule has 3 aromatic rings. The van der Waals surface area contributed by atoms with Crippen LogP contribution in [-0.2, 0) is 12.8 Å². The van der Waals surface area contributed by atoms with Crippen molar-refractivity contribution in [3.8, 4) is 0 Å². The summed E-state index contributed by atoms with van der Waals surface area (Å²) in [6, 6.07) is 17.9. The lowest BCUT2D eigenvalue weighted by molar-refractivity contribution is 0.220. The SMILES string of the molecule is CN(CCc1ccccc1)C1CCCc2c1[nH]c1ccc(Br)cc21.Cl. The molecule has 0 radical (unpaired) electrons. The van der Waals surface area contributed by atoms with Crippen LogP contribution in [0.5, 0.6) is 0 Å². The van der Waals surface area contributed by atoms with E-state index in [9.17, 15) is 0 Å². The number of nitrogens with zero attached hydrogens (tertiary/aromatic N) is 1. The van der Waals surface area contributed by atoms with E-state index in [1.807, 2.05) is 0 Å². The highest BCUT2D eigenvalue weighted by Crippen LogP contribution is 2.38. The molecule has 0 saturated carbocycles.